The van der Waals surface area contributed by atoms with Gasteiger partial charge in [0.2, 0.25) is 11.7 Å². The maximum atomic E-state index is 12.7. The highest BCUT2D eigenvalue weighted by atomic mass is 35.5. The van der Waals surface area contributed by atoms with Crippen LogP contribution in [0.15, 0.2) is 48.7 Å². The quantitative estimate of drug-likeness (QED) is 0.484. The molecule has 0 fully saturated rings. The highest BCUT2D eigenvalue weighted by Crippen LogP contribution is 2.35. The predicted octanol–water partition coefficient (Wildman–Crippen LogP) is 3.02. The largest absolute Gasteiger partial charge is 0.382 e. The Kier molecular flexibility index (Phi) is 5.38. The number of thiazole rings is 1. The second-order valence-electron chi connectivity index (χ2n) is 5.69. The lowest BCUT2D eigenvalue weighted by Gasteiger charge is -2.26. The normalized spacial score (nSPS) is 11.8. The molecule has 0 aliphatic rings. The Balaban J connectivity index is 2.04. The fourth-order valence-corrected chi connectivity index (χ4v) is 3.60. The number of hydrogen-bond acceptors (Lipinski definition) is 7. The summed E-state index contributed by atoms with van der Waals surface area (Å²) in [6.45, 7) is 1.63. The van der Waals surface area contributed by atoms with Crippen LogP contribution in [-0.4, -0.2) is 27.7 Å². The van der Waals surface area contributed by atoms with E-state index < -0.39 is 11.9 Å². The first-order chi connectivity index (χ1) is 12.9. The number of primary amides is 1. The van der Waals surface area contributed by atoms with Crippen LogP contribution in [0.25, 0.3) is 0 Å². The second kappa shape index (κ2) is 7.73. The van der Waals surface area contributed by atoms with Crippen molar-refractivity contribution >= 4 is 51.3 Å². The van der Waals surface area contributed by atoms with E-state index in [0.717, 1.165) is 11.3 Å². The molecule has 27 heavy (non-hydrogen) atoms. The van der Waals surface area contributed by atoms with Crippen molar-refractivity contribution in [2.75, 3.05) is 10.6 Å². The van der Waals surface area contributed by atoms with Gasteiger partial charge in [0, 0.05) is 5.56 Å². The van der Waals surface area contributed by atoms with E-state index in [1.54, 1.807) is 48.2 Å². The first-order valence-electron chi connectivity index (χ1n) is 7.94. The van der Waals surface area contributed by atoms with Crippen LogP contribution >= 0.6 is 22.9 Å². The van der Waals surface area contributed by atoms with Crippen molar-refractivity contribution in [2.24, 2.45) is 5.73 Å². The first-order valence-corrected chi connectivity index (χ1v) is 9.14. The van der Waals surface area contributed by atoms with Gasteiger partial charge in [-0.1, -0.05) is 53.3 Å². The Bertz CT molecular complexity index is 975. The number of benzene rings is 1. The summed E-state index contributed by atoms with van der Waals surface area (Å²) < 4.78 is 0. The smallest absolute Gasteiger partial charge is 0.240 e. The van der Waals surface area contributed by atoms with Crippen molar-refractivity contribution in [1.29, 1.82) is 0 Å². The first kappa shape index (κ1) is 18.8. The van der Waals surface area contributed by atoms with Gasteiger partial charge in [0.25, 0.3) is 0 Å². The number of halogens is 1. The summed E-state index contributed by atoms with van der Waals surface area (Å²) in [5, 5.41) is 0.672. The Morgan fingerprint density at radius 3 is 2.48 bits per heavy atom. The van der Waals surface area contributed by atoms with Gasteiger partial charge in [0.05, 0.1) is 11.9 Å². The van der Waals surface area contributed by atoms with Gasteiger partial charge in [0.15, 0.2) is 5.13 Å². The maximum Gasteiger partial charge on any atom is 0.240 e. The molecule has 0 aliphatic carbocycles. The molecule has 0 spiro atoms. The molecule has 0 saturated carbocycles. The lowest BCUT2D eigenvalue weighted by molar-refractivity contribution is -0.118. The summed E-state index contributed by atoms with van der Waals surface area (Å²) in [5.74, 6) is -0.708. The molecule has 7 nitrogen and oxygen atoms in total. The van der Waals surface area contributed by atoms with Crippen molar-refractivity contribution in [1.82, 2.24) is 9.97 Å². The predicted molar refractivity (Wildman–Crippen MR) is 106 cm³/mol. The summed E-state index contributed by atoms with van der Waals surface area (Å²) in [4.78, 5) is 34.7. The Morgan fingerprint density at radius 2 is 1.89 bits per heavy atom. The SMILES string of the molecule is CC(C(N)=O)N(c1ccc(Cl)nc1)c1nc(N)c(C(=O)c2ccccc2)s1. The van der Waals surface area contributed by atoms with Gasteiger partial charge in [-0.2, -0.15) is 0 Å². The molecule has 1 aromatic carbocycles. The van der Waals surface area contributed by atoms with Crippen molar-refractivity contribution in [3.63, 3.8) is 0 Å². The minimum Gasteiger partial charge on any atom is -0.382 e. The number of aromatic nitrogens is 2. The van der Waals surface area contributed by atoms with E-state index in [-0.39, 0.29) is 11.6 Å². The highest BCUT2D eigenvalue weighted by molar-refractivity contribution is 7.18. The Labute approximate surface area is 164 Å². The van der Waals surface area contributed by atoms with Gasteiger partial charge in [-0.25, -0.2) is 9.97 Å². The average molecular weight is 402 g/mol. The monoisotopic (exact) mass is 401 g/mol. The number of amides is 1. The molecule has 0 radical (unpaired) electrons. The molecule has 0 aliphatic heterocycles. The molecule has 138 valence electrons. The van der Waals surface area contributed by atoms with Crippen molar-refractivity contribution in [2.45, 2.75) is 13.0 Å². The number of ketones is 1. The number of carbonyl (C=O) groups is 2. The Morgan fingerprint density at radius 1 is 1.19 bits per heavy atom. The van der Waals surface area contributed by atoms with Crippen LogP contribution in [0.5, 0.6) is 0 Å². The molecular formula is C18H16ClN5O2S. The van der Waals surface area contributed by atoms with Crippen LogP contribution in [0.3, 0.4) is 0 Å². The van der Waals surface area contributed by atoms with Gasteiger partial charge < -0.3 is 16.4 Å². The van der Waals surface area contributed by atoms with E-state index in [2.05, 4.69) is 9.97 Å². The third kappa shape index (κ3) is 3.91. The van der Waals surface area contributed by atoms with Crippen LogP contribution in [0.4, 0.5) is 16.6 Å². The summed E-state index contributed by atoms with van der Waals surface area (Å²) >= 11 is 6.93. The molecule has 3 aromatic rings. The van der Waals surface area contributed by atoms with Crippen LogP contribution < -0.4 is 16.4 Å². The van der Waals surface area contributed by atoms with Gasteiger partial charge in [-0.05, 0) is 19.1 Å². The molecule has 1 atom stereocenters. The molecule has 0 bridgehead atoms. The molecule has 4 N–H and O–H groups in total. The molecule has 2 heterocycles. The second-order valence-corrected chi connectivity index (χ2v) is 7.06. The van der Waals surface area contributed by atoms with Crippen LogP contribution in [0, 0.1) is 0 Å². The third-order valence-electron chi connectivity index (χ3n) is 3.88. The standard InChI is InChI=1S/C18H16ClN5O2S/c1-10(17(21)26)24(12-7-8-13(19)22-9-12)18-23-16(20)15(27-18)14(25)11-5-3-2-4-6-11/h2-10H,20H2,1H3,(H2,21,26). The number of rotatable bonds is 6. The Hall–Kier alpha value is -2.97. The molecular weight excluding hydrogens is 386 g/mol. The number of hydrogen-bond donors (Lipinski definition) is 2. The number of carbonyl (C=O) groups excluding carboxylic acids is 2. The number of nitrogens with zero attached hydrogens (tertiary/aromatic N) is 3. The molecule has 1 unspecified atom stereocenters. The third-order valence-corrected chi connectivity index (χ3v) is 5.17. The lowest BCUT2D eigenvalue weighted by Crippen LogP contribution is -2.40. The summed E-state index contributed by atoms with van der Waals surface area (Å²) in [6.07, 6.45) is 1.50. The molecule has 3 rings (SSSR count). The van der Waals surface area contributed by atoms with Crippen molar-refractivity contribution < 1.29 is 9.59 Å². The van der Waals surface area contributed by atoms with E-state index in [1.165, 1.54) is 6.20 Å². The van der Waals surface area contributed by atoms with E-state index in [9.17, 15) is 9.59 Å². The van der Waals surface area contributed by atoms with Gasteiger partial charge in [0.1, 0.15) is 21.9 Å². The van der Waals surface area contributed by atoms with E-state index >= 15 is 0 Å². The fraction of sp³-hybridized carbons (Fsp3) is 0.111. The van der Waals surface area contributed by atoms with Crippen LogP contribution in [-0.2, 0) is 4.79 Å². The highest BCUT2D eigenvalue weighted by Gasteiger charge is 2.27. The summed E-state index contributed by atoms with van der Waals surface area (Å²) in [5.41, 5.74) is 12.5. The summed E-state index contributed by atoms with van der Waals surface area (Å²) in [6, 6.07) is 11.3. The van der Waals surface area contributed by atoms with E-state index in [4.69, 9.17) is 23.1 Å². The van der Waals surface area contributed by atoms with Crippen molar-refractivity contribution in [3.05, 3.63) is 64.3 Å². The minimum absolute atomic E-state index is 0.0902. The average Bonchev–Trinajstić information content (AvgIpc) is 3.04. The maximum absolute atomic E-state index is 12.7. The van der Waals surface area contributed by atoms with Gasteiger partial charge in [-0.3, -0.25) is 9.59 Å². The molecule has 9 heteroatoms. The fourth-order valence-electron chi connectivity index (χ4n) is 2.44. The van der Waals surface area contributed by atoms with Gasteiger partial charge >= 0.3 is 0 Å². The number of anilines is 3. The zero-order valence-electron chi connectivity index (χ0n) is 14.3. The number of nitrogens with two attached hydrogens (primary N) is 2. The topological polar surface area (TPSA) is 115 Å². The zero-order chi connectivity index (χ0) is 19.6. The molecule has 2 aromatic heterocycles. The van der Waals surface area contributed by atoms with Crippen molar-refractivity contribution in [3.8, 4) is 0 Å². The van der Waals surface area contributed by atoms with E-state index in [1.807, 2.05) is 6.07 Å². The lowest BCUT2D eigenvalue weighted by atomic mass is 10.1. The minimum atomic E-state index is -0.738. The summed E-state index contributed by atoms with van der Waals surface area (Å²) in [7, 11) is 0. The molecule has 1 amide bonds. The number of pyridine rings is 1. The van der Waals surface area contributed by atoms with Crippen LogP contribution in [0.2, 0.25) is 5.15 Å². The van der Waals surface area contributed by atoms with Crippen LogP contribution in [0.1, 0.15) is 22.2 Å². The van der Waals surface area contributed by atoms with E-state index in [0.29, 0.717) is 26.4 Å². The molecule has 0 saturated heterocycles. The zero-order valence-corrected chi connectivity index (χ0v) is 15.9. The van der Waals surface area contributed by atoms with Gasteiger partial charge in [-0.15, -0.1) is 0 Å². The number of nitrogen functional groups attached to an aromatic ring is 1.